The molecule has 2 aromatic carbocycles. The van der Waals surface area contributed by atoms with Crippen LogP contribution in [0.1, 0.15) is 46.6 Å². The molecule has 4 aromatic rings. The lowest BCUT2D eigenvalue weighted by Gasteiger charge is -2.39. The van der Waals surface area contributed by atoms with Gasteiger partial charge in [0.25, 0.3) is 5.91 Å². The van der Waals surface area contributed by atoms with E-state index in [2.05, 4.69) is 15.9 Å². The summed E-state index contributed by atoms with van der Waals surface area (Å²) in [5.74, 6) is 0.830. The van der Waals surface area contributed by atoms with E-state index in [4.69, 9.17) is 26.4 Å². The maximum Gasteiger partial charge on any atom is 0.253 e. The van der Waals surface area contributed by atoms with E-state index in [0.29, 0.717) is 43.4 Å². The number of amides is 1. The molecule has 10 heteroatoms. The van der Waals surface area contributed by atoms with Gasteiger partial charge in [-0.2, -0.15) is 5.10 Å². The number of carbonyl (C=O) groups excluding carboxylic acids is 1. The minimum Gasteiger partial charge on any atom is -0.385 e. The van der Waals surface area contributed by atoms with Gasteiger partial charge >= 0.3 is 0 Å². The van der Waals surface area contributed by atoms with E-state index in [-0.39, 0.29) is 5.91 Å². The molecule has 7 rings (SSSR count). The van der Waals surface area contributed by atoms with E-state index in [1.54, 1.807) is 0 Å². The molecule has 1 amide bonds. The van der Waals surface area contributed by atoms with Gasteiger partial charge in [0.05, 0.1) is 24.5 Å². The van der Waals surface area contributed by atoms with E-state index < -0.39 is 5.60 Å². The molecule has 3 aliphatic rings. The van der Waals surface area contributed by atoms with Crippen molar-refractivity contribution in [3.63, 3.8) is 0 Å². The zero-order chi connectivity index (χ0) is 29.4. The number of hydrogen-bond acceptors (Lipinski definition) is 7. The molecule has 224 valence electrons. The summed E-state index contributed by atoms with van der Waals surface area (Å²) in [6, 6.07) is 19.9. The van der Waals surface area contributed by atoms with Crippen LogP contribution < -0.4 is 4.90 Å². The topological polar surface area (TPSA) is 86.4 Å². The Kier molecular flexibility index (Phi) is 7.82. The Balaban J connectivity index is 0.996. The van der Waals surface area contributed by atoms with Gasteiger partial charge in [-0.3, -0.25) is 9.69 Å². The predicted molar refractivity (Wildman–Crippen MR) is 166 cm³/mol. The number of nitrogens with zero attached hydrogens (tertiary/aromatic N) is 6. The first-order valence-corrected chi connectivity index (χ1v) is 15.6. The molecule has 0 bridgehead atoms. The number of piperidine rings is 1. The molecule has 3 saturated heterocycles. The molecule has 5 heterocycles. The average molecular weight is 601 g/mol. The second kappa shape index (κ2) is 11.9. The number of aliphatic hydroxyl groups is 1. The molecule has 43 heavy (non-hydrogen) atoms. The second-order valence-electron chi connectivity index (χ2n) is 11.9. The third-order valence-corrected chi connectivity index (χ3v) is 9.53. The van der Waals surface area contributed by atoms with Gasteiger partial charge in [-0.25, -0.2) is 9.50 Å². The van der Waals surface area contributed by atoms with E-state index in [0.717, 1.165) is 79.7 Å². The van der Waals surface area contributed by atoms with Crippen molar-refractivity contribution < 1.29 is 14.6 Å². The minimum atomic E-state index is -0.863. The number of aromatic nitrogens is 3. The van der Waals surface area contributed by atoms with Gasteiger partial charge in [-0.1, -0.05) is 35.9 Å². The number of anilines is 1. The smallest absolute Gasteiger partial charge is 0.253 e. The van der Waals surface area contributed by atoms with Crippen molar-refractivity contribution in [3.8, 4) is 0 Å². The summed E-state index contributed by atoms with van der Waals surface area (Å²) >= 11 is 6.05. The third kappa shape index (κ3) is 5.87. The standard InChI is InChI=1S/C33H37ClN6O3/c34-27-9-7-26(8-10-27)33(42)12-16-38(17-13-33)29-2-1-14-40-31(29)35-30(36-40)22-24-3-5-25(6-4-24)32(41)39-15-11-28(23-39)37-18-20-43-21-19-37/h1-10,14,28,42H,11-13,15-23H2. The molecule has 0 saturated carbocycles. The van der Waals surface area contributed by atoms with Crippen molar-refractivity contribution in [3.05, 3.63) is 94.4 Å². The van der Waals surface area contributed by atoms with Crippen LogP contribution in [0.3, 0.4) is 0 Å². The predicted octanol–water partition coefficient (Wildman–Crippen LogP) is 4.01. The highest BCUT2D eigenvalue weighted by Crippen LogP contribution is 2.36. The molecule has 1 atom stereocenters. The molecule has 3 aliphatic heterocycles. The van der Waals surface area contributed by atoms with Crippen molar-refractivity contribution in [2.75, 3.05) is 57.4 Å². The first kappa shape index (κ1) is 28.3. The minimum absolute atomic E-state index is 0.0994. The summed E-state index contributed by atoms with van der Waals surface area (Å²) in [4.78, 5) is 24.8. The molecule has 2 aromatic heterocycles. The van der Waals surface area contributed by atoms with Crippen LogP contribution in [0, 0.1) is 0 Å². The van der Waals surface area contributed by atoms with Gasteiger partial charge in [0.1, 0.15) is 0 Å². The fourth-order valence-electron chi connectivity index (χ4n) is 6.72. The fraction of sp³-hybridized carbons (Fsp3) is 0.424. The number of ether oxygens (including phenoxy) is 1. The Morgan fingerprint density at radius 1 is 0.977 bits per heavy atom. The van der Waals surface area contributed by atoms with Crippen LogP contribution in [0.25, 0.3) is 5.65 Å². The molecular formula is C33H37ClN6O3. The zero-order valence-corrected chi connectivity index (χ0v) is 25.0. The van der Waals surface area contributed by atoms with Crippen molar-refractivity contribution in [1.29, 1.82) is 0 Å². The number of carbonyl (C=O) groups is 1. The number of halogens is 1. The first-order chi connectivity index (χ1) is 20.9. The number of morpholine rings is 1. The van der Waals surface area contributed by atoms with Crippen LogP contribution in [0.2, 0.25) is 5.02 Å². The number of pyridine rings is 1. The Hall–Kier alpha value is -3.50. The Bertz CT molecular complexity index is 1580. The van der Waals surface area contributed by atoms with E-state index in [9.17, 15) is 9.90 Å². The molecule has 3 fully saturated rings. The maximum atomic E-state index is 13.2. The van der Waals surface area contributed by atoms with Crippen molar-refractivity contribution in [2.24, 2.45) is 0 Å². The Morgan fingerprint density at radius 3 is 2.47 bits per heavy atom. The molecule has 0 aliphatic carbocycles. The lowest BCUT2D eigenvalue weighted by Crippen LogP contribution is -2.45. The SMILES string of the molecule is O=C(c1ccc(Cc2nc3c(N4CCC(O)(c5ccc(Cl)cc5)CC4)cccn3n2)cc1)N1CCC(N2CCOCC2)C1. The lowest BCUT2D eigenvalue weighted by molar-refractivity contribution is 0.0118. The van der Waals surface area contributed by atoms with Gasteiger partial charge in [-0.15, -0.1) is 0 Å². The molecule has 1 N–H and O–H groups in total. The second-order valence-corrected chi connectivity index (χ2v) is 12.4. The Labute approximate surface area is 256 Å². The number of likely N-dealkylation sites (tertiary alicyclic amines) is 1. The summed E-state index contributed by atoms with van der Waals surface area (Å²) in [5.41, 5.74) is 3.65. The van der Waals surface area contributed by atoms with E-state index in [1.807, 2.05) is 70.2 Å². The van der Waals surface area contributed by atoms with Gasteiger partial charge < -0.3 is 19.6 Å². The number of rotatable bonds is 6. The molecule has 0 spiro atoms. The van der Waals surface area contributed by atoms with Crippen molar-refractivity contribution >= 4 is 28.8 Å². The normalized spacial score (nSPS) is 21.0. The number of benzene rings is 2. The van der Waals surface area contributed by atoms with Gasteiger partial charge in [0, 0.05) is 68.5 Å². The highest BCUT2D eigenvalue weighted by atomic mass is 35.5. The summed E-state index contributed by atoms with van der Waals surface area (Å²) < 4.78 is 7.32. The highest BCUT2D eigenvalue weighted by Gasteiger charge is 2.35. The van der Waals surface area contributed by atoms with Crippen LogP contribution >= 0.6 is 11.6 Å². The molecule has 1 unspecified atom stereocenters. The number of fused-ring (bicyclic) bond motifs is 1. The van der Waals surface area contributed by atoms with Crippen molar-refractivity contribution in [2.45, 2.75) is 37.3 Å². The Morgan fingerprint density at radius 2 is 1.72 bits per heavy atom. The third-order valence-electron chi connectivity index (χ3n) is 9.27. The average Bonchev–Trinajstić information content (AvgIpc) is 3.70. The van der Waals surface area contributed by atoms with Gasteiger partial charge in [0.15, 0.2) is 11.5 Å². The summed E-state index contributed by atoms with van der Waals surface area (Å²) in [7, 11) is 0. The van der Waals surface area contributed by atoms with Crippen LogP contribution in [0.4, 0.5) is 5.69 Å². The van der Waals surface area contributed by atoms with Crippen LogP contribution in [0.15, 0.2) is 66.9 Å². The van der Waals surface area contributed by atoms with E-state index >= 15 is 0 Å². The van der Waals surface area contributed by atoms with Gasteiger partial charge in [-0.05, 0) is 66.8 Å². The number of hydrogen-bond donors (Lipinski definition) is 1. The largest absolute Gasteiger partial charge is 0.385 e. The zero-order valence-electron chi connectivity index (χ0n) is 24.2. The first-order valence-electron chi connectivity index (χ1n) is 15.2. The summed E-state index contributed by atoms with van der Waals surface area (Å²) in [6.45, 7) is 6.46. The summed E-state index contributed by atoms with van der Waals surface area (Å²) in [5, 5.41) is 16.7. The highest BCUT2D eigenvalue weighted by molar-refractivity contribution is 6.30. The quantitative estimate of drug-likeness (QED) is 0.358. The van der Waals surface area contributed by atoms with Crippen molar-refractivity contribution in [1.82, 2.24) is 24.4 Å². The van der Waals surface area contributed by atoms with Gasteiger partial charge in [0.2, 0.25) is 0 Å². The van der Waals surface area contributed by atoms with Crippen LogP contribution in [-0.4, -0.2) is 93.9 Å². The van der Waals surface area contributed by atoms with Crippen LogP contribution in [0.5, 0.6) is 0 Å². The maximum absolute atomic E-state index is 13.2. The molecule has 0 radical (unpaired) electrons. The molecule has 9 nitrogen and oxygen atoms in total. The van der Waals surface area contributed by atoms with Crippen LogP contribution in [-0.2, 0) is 16.8 Å². The molecular weight excluding hydrogens is 564 g/mol. The fourth-order valence-corrected chi connectivity index (χ4v) is 6.85. The summed E-state index contributed by atoms with van der Waals surface area (Å²) in [6.07, 6.45) is 4.76. The lowest BCUT2D eigenvalue weighted by atomic mass is 9.84. The van der Waals surface area contributed by atoms with E-state index in [1.165, 1.54) is 0 Å². The monoisotopic (exact) mass is 600 g/mol.